The first kappa shape index (κ1) is 19.2. The summed E-state index contributed by atoms with van der Waals surface area (Å²) in [7, 11) is 0. The van der Waals surface area contributed by atoms with Gasteiger partial charge in [-0.25, -0.2) is 0 Å². The third kappa shape index (κ3) is 3.75. The van der Waals surface area contributed by atoms with E-state index in [1.54, 1.807) is 0 Å². The van der Waals surface area contributed by atoms with E-state index >= 15 is 0 Å². The number of imidazole rings is 2. The minimum Gasteiger partial charge on any atom is -0.325 e. The van der Waals surface area contributed by atoms with Crippen molar-refractivity contribution >= 4 is 0 Å². The first-order valence-electron chi connectivity index (χ1n) is 9.98. The summed E-state index contributed by atoms with van der Waals surface area (Å²) < 4.78 is 8.26. The third-order valence-electron chi connectivity index (χ3n) is 5.32. The van der Waals surface area contributed by atoms with Gasteiger partial charge in [0, 0.05) is 24.8 Å². The highest BCUT2D eigenvalue weighted by atomic mass is 15.2. The first-order chi connectivity index (χ1) is 13.8. The van der Waals surface area contributed by atoms with Gasteiger partial charge in [-0.1, -0.05) is 35.4 Å². The maximum Gasteiger partial charge on any atom is 0.246 e. The Morgan fingerprint density at radius 2 is 0.966 bits per heavy atom. The molecule has 4 heteroatoms. The number of nitrogens with zero attached hydrogens (tertiary/aromatic N) is 4. The van der Waals surface area contributed by atoms with Crippen LogP contribution in [0.5, 0.6) is 0 Å². The maximum atomic E-state index is 3.44. The number of aromatic nitrogens is 4. The first-order valence-corrected chi connectivity index (χ1v) is 9.98. The highest BCUT2D eigenvalue weighted by Gasteiger charge is 2.10. The predicted molar refractivity (Wildman–Crippen MR) is 113 cm³/mol. The molecule has 0 aliphatic rings. The van der Waals surface area contributed by atoms with Gasteiger partial charge in [0.05, 0.1) is 11.4 Å². The molecular formula is C25H28N4. The van der Waals surface area contributed by atoms with E-state index in [0.29, 0.717) is 6.67 Å². The van der Waals surface area contributed by atoms with Crippen LogP contribution in [0.15, 0.2) is 49.1 Å². The monoisotopic (exact) mass is 384 g/mol. The topological polar surface area (TPSA) is 17.6 Å². The van der Waals surface area contributed by atoms with Crippen molar-refractivity contribution in [1.82, 2.24) is 9.13 Å². The molecule has 4 nitrogen and oxygen atoms in total. The molecule has 4 rings (SSSR count). The molecule has 0 atom stereocenters. The largest absolute Gasteiger partial charge is 0.325 e. The SMILES string of the molecule is Cc1cc(C)c(-n2[c-][n+](C[n+]3[c-]n(-c4c(C)cc(C)cc4C)cc3)cc2)c(C)c1. The molecule has 0 aliphatic carbocycles. The van der Waals surface area contributed by atoms with E-state index < -0.39 is 0 Å². The lowest BCUT2D eigenvalue weighted by atomic mass is 10.1. The minimum absolute atomic E-state index is 0.661. The number of rotatable bonds is 4. The molecule has 0 unspecified atom stereocenters. The van der Waals surface area contributed by atoms with Gasteiger partial charge in [-0.15, -0.1) is 0 Å². The van der Waals surface area contributed by atoms with E-state index in [2.05, 4.69) is 122 Å². The number of hydrogen-bond donors (Lipinski definition) is 0. The molecule has 0 spiro atoms. The van der Waals surface area contributed by atoms with Crippen LogP contribution in [0.3, 0.4) is 0 Å². The Kier molecular flexibility index (Phi) is 4.87. The predicted octanol–water partition coefficient (Wildman–Crippen LogP) is 3.80. The summed E-state index contributed by atoms with van der Waals surface area (Å²) in [5, 5.41) is 0. The van der Waals surface area contributed by atoms with Crippen molar-refractivity contribution in [3.05, 3.63) is 95.1 Å². The van der Waals surface area contributed by atoms with Gasteiger partial charge in [0.25, 0.3) is 0 Å². The Morgan fingerprint density at radius 3 is 1.31 bits per heavy atom. The summed E-state index contributed by atoms with van der Waals surface area (Å²) in [6.07, 6.45) is 15.1. The molecule has 0 radical (unpaired) electrons. The van der Waals surface area contributed by atoms with Gasteiger partial charge in [-0.3, -0.25) is 9.13 Å². The molecule has 2 heterocycles. The second kappa shape index (κ2) is 7.36. The van der Waals surface area contributed by atoms with Crippen LogP contribution in [0.1, 0.15) is 33.4 Å². The van der Waals surface area contributed by atoms with E-state index in [4.69, 9.17) is 0 Å². The van der Waals surface area contributed by atoms with Crippen molar-refractivity contribution in [2.75, 3.05) is 0 Å². The maximum absolute atomic E-state index is 3.44. The Labute approximate surface area is 173 Å². The summed E-state index contributed by atoms with van der Waals surface area (Å²) in [6.45, 7) is 13.6. The molecule has 0 N–H and O–H groups in total. The van der Waals surface area contributed by atoms with Crippen LogP contribution in [0.2, 0.25) is 0 Å². The van der Waals surface area contributed by atoms with E-state index in [-0.39, 0.29) is 0 Å². The molecule has 29 heavy (non-hydrogen) atoms. The molecular weight excluding hydrogens is 356 g/mol. The highest BCUT2D eigenvalue weighted by molar-refractivity contribution is 5.49. The summed E-state index contributed by atoms with van der Waals surface area (Å²) in [5.74, 6) is 0. The van der Waals surface area contributed by atoms with Gasteiger partial charge < -0.3 is 9.13 Å². The van der Waals surface area contributed by atoms with Gasteiger partial charge in [0.15, 0.2) is 6.67 Å². The van der Waals surface area contributed by atoms with Crippen LogP contribution in [0.4, 0.5) is 0 Å². The van der Waals surface area contributed by atoms with Crippen LogP contribution in [-0.4, -0.2) is 9.13 Å². The van der Waals surface area contributed by atoms with E-state index in [0.717, 1.165) is 0 Å². The molecule has 148 valence electrons. The molecule has 2 aromatic carbocycles. The molecule has 0 fully saturated rings. The van der Waals surface area contributed by atoms with Crippen LogP contribution >= 0.6 is 0 Å². The van der Waals surface area contributed by atoms with Gasteiger partial charge in [-0.2, -0.15) is 0 Å². The molecule has 0 aliphatic heterocycles. The zero-order valence-electron chi connectivity index (χ0n) is 18.1. The van der Waals surface area contributed by atoms with Gasteiger partial charge in [0.2, 0.25) is 12.7 Å². The summed E-state index contributed by atoms with van der Waals surface area (Å²) in [6, 6.07) is 8.87. The van der Waals surface area contributed by atoms with E-state index in [1.807, 2.05) is 0 Å². The standard InChI is InChI=1S/C25H28N4/c1-18-11-20(3)24(21(4)12-18)28-9-7-26(16-28)15-27-8-10-29(17-27)25-22(5)13-19(2)14-23(25)6/h7-14H,15H2,1-6H3. The summed E-state index contributed by atoms with van der Waals surface area (Å²) in [4.78, 5) is 0. The van der Waals surface area contributed by atoms with Crippen molar-refractivity contribution in [3.8, 4) is 11.4 Å². The summed E-state index contributed by atoms with van der Waals surface area (Å²) in [5.41, 5.74) is 10.0. The Bertz CT molecular complexity index is 1050. The third-order valence-corrected chi connectivity index (χ3v) is 5.32. The lowest BCUT2D eigenvalue weighted by molar-refractivity contribution is -0.916. The Morgan fingerprint density at radius 1 is 0.621 bits per heavy atom. The molecule has 0 saturated heterocycles. The molecule has 4 aromatic rings. The molecule has 0 bridgehead atoms. The zero-order valence-corrected chi connectivity index (χ0v) is 18.1. The quantitative estimate of drug-likeness (QED) is 0.376. The minimum atomic E-state index is 0.661. The van der Waals surface area contributed by atoms with Gasteiger partial charge in [0.1, 0.15) is 0 Å². The fourth-order valence-electron chi connectivity index (χ4n) is 4.38. The van der Waals surface area contributed by atoms with Crippen molar-refractivity contribution < 1.29 is 9.13 Å². The van der Waals surface area contributed by atoms with Crippen molar-refractivity contribution in [3.63, 3.8) is 0 Å². The average molecular weight is 385 g/mol. The van der Waals surface area contributed by atoms with E-state index in [9.17, 15) is 0 Å². The number of aryl methyl sites for hydroxylation is 6. The lowest BCUT2D eigenvalue weighted by Gasteiger charge is -2.12. The Hall–Kier alpha value is -3.14. The second-order valence-corrected chi connectivity index (χ2v) is 8.11. The van der Waals surface area contributed by atoms with E-state index in [1.165, 1.54) is 44.8 Å². The van der Waals surface area contributed by atoms with Crippen LogP contribution in [-0.2, 0) is 6.67 Å². The van der Waals surface area contributed by atoms with Gasteiger partial charge >= 0.3 is 0 Å². The van der Waals surface area contributed by atoms with Crippen molar-refractivity contribution in [2.24, 2.45) is 0 Å². The molecule has 0 amide bonds. The van der Waals surface area contributed by atoms with Crippen molar-refractivity contribution in [1.29, 1.82) is 0 Å². The lowest BCUT2D eigenvalue weighted by Crippen LogP contribution is -2.50. The van der Waals surface area contributed by atoms with Crippen molar-refractivity contribution in [2.45, 2.75) is 48.2 Å². The fraction of sp³-hybridized carbons (Fsp3) is 0.280. The van der Waals surface area contributed by atoms with Crippen LogP contribution < -0.4 is 9.13 Å². The van der Waals surface area contributed by atoms with Crippen LogP contribution in [0.25, 0.3) is 11.4 Å². The molecule has 0 saturated carbocycles. The Balaban J connectivity index is 1.60. The number of hydrogen-bond acceptors (Lipinski definition) is 0. The number of benzene rings is 2. The van der Waals surface area contributed by atoms with Crippen LogP contribution in [0, 0.1) is 54.2 Å². The van der Waals surface area contributed by atoms with Gasteiger partial charge in [-0.05, 0) is 63.8 Å². The second-order valence-electron chi connectivity index (χ2n) is 8.11. The molecule has 2 aromatic heterocycles. The summed E-state index contributed by atoms with van der Waals surface area (Å²) >= 11 is 0. The smallest absolute Gasteiger partial charge is 0.246 e. The highest BCUT2D eigenvalue weighted by Crippen LogP contribution is 2.21. The zero-order chi connectivity index (χ0) is 20.7. The normalized spacial score (nSPS) is 11.2. The fourth-order valence-corrected chi connectivity index (χ4v) is 4.38. The average Bonchev–Trinajstić information content (AvgIpc) is 3.23.